The summed E-state index contributed by atoms with van der Waals surface area (Å²) in [4.78, 5) is 11.0. The fourth-order valence-corrected chi connectivity index (χ4v) is 5.49. The van der Waals surface area contributed by atoms with E-state index in [0.717, 1.165) is 49.7 Å². The molecule has 0 amide bonds. The van der Waals surface area contributed by atoms with Crippen LogP contribution in [-0.2, 0) is 14.3 Å². The second-order valence-corrected chi connectivity index (χ2v) is 10.5. The number of benzene rings is 1. The zero-order chi connectivity index (χ0) is 24.9. The van der Waals surface area contributed by atoms with E-state index in [0.29, 0.717) is 18.3 Å². The van der Waals surface area contributed by atoms with Crippen LogP contribution in [0.2, 0.25) is 0 Å². The molecule has 1 aromatic carbocycles. The first kappa shape index (κ1) is 27.0. The van der Waals surface area contributed by atoms with Gasteiger partial charge in [0.2, 0.25) is 0 Å². The molecule has 0 unspecified atom stereocenters. The average molecular weight is 476 g/mol. The summed E-state index contributed by atoms with van der Waals surface area (Å²) in [7, 11) is 0. The van der Waals surface area contributed by atoms with Gasteiger partial charge in [-0.3, -0.25) is 0 Å². The molecule has 35 heavy (non-hydrogen) atoms. The molecule has 0 aromatic heterocycles. The smallest absolute Gasteiger partial charge is 0.330 e. The molecule has 0 N–H and O–H groups in total. The monoisotopic (exact) mass is 475 g/mol. The number of unbranched alkanes of at least 4 members (excludes halogenated alkanes) is 3. The SMILES string of the molecule is C=CC(=O)OCCCCCCOC1CCC(C2CCC(C)(C#Cc3ccc(C#N)cc3)CC2)CC1. The van der Waals surface area contributed by atoms with Crippen LogP contribution in [0.15, 0.2) is 36.9 Å². The summed E-state index contributed by atoms with van der Waals surface area (Å²) >= 11 is 0. The van der Waals surface area contributed by atoms with Crippen LogP contribution in [0.1, 0.15) is 95.1 Å². The van der Waals surface area contributed by atoms with E-state index in [4.69, 9.17) is 14.7 Å². The van der Waals surface area contributed by atoms with E-state index in [1.165, 1.54) is 57.4 Å². The second kappa shape index (κ2) is 14.1. The third-order valence-corrected chi connectivity index (χ3v) is 7.85. The van der Waals surface area contributed by atoms with E-state index in [1.54, 1.807) is 0 Å². The Bertz CT molecular complexity index is 901. The predicted octanol–water partition coefficient (Wildman–Crippen LogP) is 6.97. The molecule has 0 radical (unpaired) electrons. The van der Waals surface area contributed by atoms with Crippen molar-refractivity contribution in [2.24, 2.45) is 17.3 Å². The fourth-order valence-electron chi connectivity index (χ4n) is 5.49. The van der Waals surface area contributed by atoms with Gasteiger partial charge < -0.3 is 9.47 Å². The Labute approximate surface area is 212 Å². The highest BCUT2D eigenvalue weighted by Crippen LogP contribution is 2.44. The summed E-state index contributed by atoms with van der Waals surface area (Å²) < 4.78 is 11.2. The highest BCUT2D eigenvalue weighted by atomic mass is 16.5. The van der Waals surface area contributed by atoms with Crippen molar-refractivity contribution >= 4 is 5.97 Å². The molecule has 0 saturated heterocycles. The van der Waals surface area contributed by atoms with Crippen LogP contribution < -0.4 is 0 Å². The first-order valence-electron chi connectivity index (χ1n) is 13.5. The maximum Gasteiger partial charge on any atom is 0.330 e. The molecular formula is C31H41NO3. The molecule has 0 atom stereocenters. The lowest BCUT2D eigenvalue weighted by Crippen LogP contribution is -2.31. The summed E-state index contributed by atoms with van der Waals surface area (Å²) in [5, 5.41) is 8.94. The van der Waals surface area contributed by atoms with E-state index in [-0.39, 0.29) is 11.4 Å². The molecule has 0 bridgehead atoms. The zero-order valence-electron chi connectivity index (χ0n) is 21.4. The van der Waals surface area contributed by atoms with Crippen molar-refractivity contribution in [1.82, 2.24) is 0 Å². The van der Waals surface area contributed by atoms with Gasteiger partial charge in [0.15, 0.2) is 0 Å². The number of hydrogen-bond acceptors (Lipinski definition) is 4. The Morgan fingerprint density at radius 3 is 2.20 bits per heavy atom. The van der Waals surface area contributed by atoms with Gasteiger partial charge in [-0.25, -0.2) is 4.79 Å². The van der Waals surface area contributed by atoms with Crippen molar-refractivity contribution in [2.45, 2.75) is 90.1 Å². The Kier molecular flexibility index (Phi) is 10.9. The lowest BCUT2D eigenvalue weighted by Gasteiger charge is -2.40. The van der Waals surface area contributed by atoms with Gasteiger partial charge in [0, 0.05) is 23.7 Å². The molecule has 3 rings (SSSR count). The van der Waals surface area contributed by atoms with Crippen LogP contribution in [0, 0.1) is 40.4 Å². The van der Waals surface area contributed by atoms with Gasteiger partial charge in [-0.15, -0.1) is 0 Å². The first-order chi connectivity index (χ1) is 17.0. The number of carbonyl (C=O) groups excluding carboxylic acids is 1. The van der Waals surface area contributed by atoms with Crippen molar-refractivity contribution in [3.05, 3.63) is 48.0 Å². The van der Waals surface area contributed by atoms with Crippen molar-refractivity contribution < 1.29 is 14.3 Å². The number of hydrogen-bond donors (Lipinski definition) is 0. The second-order valence-electron chi connectivity index (χ2n) is 10.5. The lowest BCUT2D eigenvalue weighted by atomic mass is 9.66. The third-order valence-electron chi connectivity index (χ3n) is 7.85. The summed E-state index contributed by atoms with van der Waals surface area (Å²) in [5.41, 5.74) is 1.79. The maximum absolute atomic E-state index is 11.0. The van der Waals surface area contributed by atoms with E-state index in [2.05, 4.69) is 31.4 Å². The van der Waals surface area contributed by atoms with Crippen LogP contribution in [0.25, 0.3) is 0 Å². The van der Waals surface area contributed by atoms with Crippen molar-refractivity contribution in [3.63, 3.8) is 0 Å². The minimum Gasteiger partial charge on any atom is -0.463 e. The summed E-state index contributed by atoms with van der Waals surface area (Å²) in [6, 6.07) is 9.74. The molecule has 0 spiro atoms. The normalized spacial score (nSPS) is 26.1. The molecule has 188 valence electrons. The van der Waals surface area contributed by atoms with Crippen molar-refractivity contribution in [3.8, 4) is 17.9 Å². The fraction of sp³-hybridized carbons (Fsp3) is 0.613. The number of rotatable bonds is 10. The van der Waals surface area contributed by atoms with Crippen LogP contribution >= 0.6 is 0 Å². The highest BCUT2D eigenvalue weighted by Gasteiger charge is 2.35. The van der Waals surface area contributed by atoms with E-state index < -0.39 is 0 Å². The molecule has 4 nitrogen and oxygen atoms in total. The zero-order valence-corrected chi connectivity index (χ0v) is 21.4. The highest BCUT2D eigenvalue weighted by molar-refractivity contribution is 5.81. The van der Waals surface area contributed by atoms with Gasteiger partial charge in [0.1, 0.15) is 0 Å². The summed E-state index contributed by atoms with van der Waals surface area (Å²) in [6.45, 7) is 7.05. The van der Waals surface area contributed by atoms with E-state index in [9.17, 15) is 4.79 Å². The Morgan fingerprint density at radius 2 is 1.57 bits per heavy atom. The molecule has 2 saturated carbocycles. The predicted molar refractivity (Wildman–Crippen MR) is 139 cm³/mol. The Morgan fingerprint density at radius 1 is 0.971 bits per heavy atom. The molecular weight excluding hydrogens is 434 g/mol. The molecule has 2 aliphatic carbocycles. The van der Waals surface area contributed by atoms with Crippen LogP contribution in [0.3, 0.4) is 0 Å². The molecule has 1 aromatic rings. The van der Waals surface area contributed by atoms with E-state index in [1.807, 2.05) is 24.3 Å². The number of ether oxygens (including phenoxy) is 2. The van der Waals surface area contributed by atoms with Gasteiger partial charge in [0.05, 0.1) is 24.3 Å². The number of nitriles is 1. The van der Waals surface area contributed by atoms with Crippen molar-refractivity contribution in [1.29, 1.82) is 5.26 Å². The maximum atomic E-state index is 11.0. The lowest BCUT2D eigenvalue weighted by molar-refractivity contribution is -0.137. The van der Waals surface area contributed by atoms with E-state index >= 15 is 0 Å². The summed E-state index contributed by atoms with van der Waals surface area (Å²) in [5.74, 6) is 8.27. The van der Waals surface area contributed by atoms with Crippen LogP contribution in [-0.4, -0.2) is 25.3 Å². The molecule has 0 aliphatic heterocycles. The minimum absolute atomic E-state index is 0.109. The first-order valence-corrected chi connectivity index (χ1v) is 13.5. The molecule has 2 aliphatic rings. The van der Waals surface area contributed by atoms with Crippen LogP contribution in [0.5, 0.6) is 0 Å². The molecule has 4 heteroatoms. The van der Waals surface area contributed by atoms with Crippen molar-refractivity contribution in [2.75, 3.05) is 13.2 Å². The van der Waals surface area contributed by atoms with Gasteiger partial charge in [0.25, 0.3) is 0 Å². The largest absolute Gasteiger partial charge is 0.463 e. The number of esters is 1. The molecule has 2 fully saturated rings. The third kappa shape index (κ3) is 9.19. The van der Waals surface area contributed by atoms with Crippen LogP contribution in [0.4, 0.5) is 0 Å². The molecule has 0 heterocycles. The van der Waals surface area contributed by atoms with Gasteiger partial charge in [-0.1, -0.05) is 24.8 Å². The van der Waals surface area contributed by atoms with Gasteiger partial charge in [-0.2, -0.15) is 5.26 Å². The Hall–Kier alpha value is -2.56. The standard InChI is InChI=1S/C31H41NO3/c1-3-30(33)35-23-7-5-4-6-22-34-29-14-12-27(13-15-29)28-17-20-31(2,21-18-28)19-16-25-8-10-26(24-32)11-9-25/h3,8-11,27-29H,1,4-7,12-15,17-18,20-23H2,2H3. The summed E-state index contributed by atoms with van der Waals surface area (Å²) in [6.07, 6.45) is 15.8. The van der Waals surface area contributed by atoms with Gasteiger partial charge >= 0.3 is 5.97 Å². The quantitative estimate of drug-likeness (QED) is 0.159. The minimum atomic E-state index is -0.334. The Balaban J connectivity index is 1.28. The number of nitrogens with zero attached hydrogens (tertiary/aromatic N) is 1. The topological polar surface area (TPSA) is 59.3 Å². The van der Waals surface area contributed by atoms with Gasteiger partial charge in [-0.05, 0) is 114 Å². The average Bonchev–Trinajstić information content (AvgIpc) is 2.90. The number of carbonyl (C=O) groups is 1.